The first-order valence-electron chi connectivity index (χ1n) is 6.26. The van der Waals surface area contributed by atoms with Gasteiger partial charge in [0.15, 0.2) is 0 Å². The first-order chi connectivity index (χ1) is 9.92. The molecular weight excluding hydrogens is 398 g/mol. The molecule has 0 saturated heterocycles. The van der Waals surface area contributed by atoms with Crippen molar-refractivity contribution in [3.05, 3.63) is 56.0 Å². The van der Waals surface area contributed by atoms with Crippen molar-refractivity contribution in [1.82, 2.24) is 0 Å². The van der Waals surface area contributed by atoms with E-state index in [1.54, 1.807) is 6.07 Å². The number of aryl methyl sites for hydroxylation is 2. The summed E-state index contributed by atoms with van der Waals surface area (Å²) in [5.74, 6) is 5.25. The lowest BCUT2D eigenvalue weighted by Crippen LogP contribution is -2.18. The number of hydrazine groups is 1. The maximum atomic E-state index is 12.4. The lowest BCUT2D eigenvalue weighted by atomic mass is 10.1. The molecule has 0 aliphatic rings. The van der Waals surface area contributed by atoms with Crippen LogP contribution < -0.4 is 16.6 Å². The molecule has 2 aromatic carbocycles. The van der Waals surface area contributed by atoms with Gasteiger partial charge in [0.25, 0.3) is 5.91 Å². The van der Waals surface area contributed by atoms with E-state index in [1.165, 1.54) is 0 Å². The Kier molecular flexibility index (Phi) is 5.03. The summed E-state index contributed by atoms with van der Waals surface area (Å²) < 4.78 is 1.63. The Morgan fingerprint density at radius 2 is 1.67 bits per heavy atom. The predicted molar refractivity (Wildman–Crippen MR) is 93.5 cm³/mol. The number of carbonyl (C=O) groups is 1. The number of carbonyl (C=O) groups excluding carboxylic acids is 1. The van der Waals surface area contributed by atoms with Crippen LogP contribution in [0.4, 0.5) is 11.4 Å². The number of nitrogens with one attached hydrogen (secondary N) is 2. The fraction of sp³-hybridized carbons (Fsp3) is 0.133. The summed E-state index contributed by atoms with van der Waals surface area (Å²) in [6.07, 6.45) is 0. The number of halogens is 2. The molecule has 6 heteroatoms. The molecule has 0 bridgehead atoms. The van der Waals surface area contributed by atoms with Crippen LogP contribution in [0.15, 0.2) is 39.3 Å². The average molecular weight is 413 g/mol. The molecule has 2 aromatic rings. The standard InChI is InChI=1S/C15H15Br2N3O/c1-8-3-4-10(13(7-8)20-18)15(21)19-14-11(16)5-9(2)6-12(14)17/h3-7,20H,18H2,1-2H3,(H,19,21). The van der Waals surface area contributed by atoms with Gasteiger partial charge in [-0.1, -0.05) is 6.07 Å². The van der Waals surface area contributed by atoms with Crippen LogP contribution in [0.1, 0.15) is 21.5 Å². The third-order valence-corrected chi connectivity index (χ3v) is 4.25. The van der Waals surface area contributed by atoms with Gasteiger partial charge in [0.05, 0.1) is 16.9 Å². The van der Waals surface area contributed by atoms with Crippen molar-refractivity contribution >= 4 is 49.1 Å². The van der Waals surface area contributed by atoms with Gasteiger partial charge >= 0.3 is 0 Å². The molecule has 0 heterocycles. The van der Waals surface area contributed by atoms with Crippen molar-refractivity contribution < 1.29 is 4.79 Å². The fourth-order valence-electron chi connectivity index (χ4n) is 1.98. The molecule has 1 amide bonds. The Bertz CT molecular complexity index is 678. The monoisotopic (exact) mass is 411 g/mol. The van der Waals surface area contributed by atoms with Gasteiger partial charge in [0.2, 0.25) is 0 Å². The Hall–Kier alpha value is -1.37. The van der Waals surface area contributed by atoms with E-state index in [1.807, 2.05) is 38.1 Å². The maximum Gasteiger partial charge on any atom is 0.257 e. The highest BCUT2D eigenvalue weighted by Crippen LogP contribution is 2.33. The Morgan fingerprint density at radius 3 is 2.24 bits per heavy atom. The second-order valence-corrected chi connectivity index (χ2v) is 6.46. The van der Waals surface area contributed by atoms with Crippen LogP contribution in [0.25, 0.3) is 0 Å². The Labute approximate surface area is 140 Å². The van der Waals surface area contributed by atoms with E-state index in [9.17, 15) is 4.79 Å². The smallest absolute Gasteiger partial charge is 0.257 e. The minimum Gasteiger partial charge on any atom is -0.323 e. The van der Waals surface area contributed by atoms with Crippen LogP contribution in [-0.2, 0) is 0 Å². The summed E-state index contributed by atoms with van der Waals surface area (Å²) >= 11 is 6.92. The Balaban J connectivity index is 2.35. The average Bonchev–Trinajstić information content (AvgIpc) is 2.42. The lowest BCUT2D eigenvalue weighted by molar-refractivity contribution is 0.102. The largest absolute Gasteiger partial charge is 0.323 e. The zero-order valence-electron chi connectivity index (χ0n) is 11.6. The fourth-order valence-corrected chi connectivity index (χ4v) is 3.59. The third kappa shape index (κ3) is 3.64. The Morgan fingerprint density at radius 1 is 1.05 bits per heavy atom. The quantitative estimate of drug-likeness (QED) is 0.518. The topological polar surface area (TPSA) is 67.2 Å². The first kappa shape index (κ1) is 16.0. The minimum absolute atomic E-state index is 0.229. The van der Waals surface area contributed by atoms with Crippen molar-refractivity contribution in [2.75, 3.05) is 10.7 Å². The van der Waals surface area contributed by atoms with Crippen LogP contribution in [-0.4, -0.2) is 5.91 Å². The molecule has 0 atom stereocenters. The van der Waals surface area contributed by atoms with Crippen molar-refractivity contribution in [3.63, 3.8) is 0 Å². The first-order valence-corrected chi connectivity index (χ1v) is 7.85. The third-order valence-electron chi connectivity index (χ3n) is 3.00. The summed E-state index contributed by atoms with van der Waals surface area (Å²) in [5.41, 5.74) is 6.44. The van der Waals surface area contributed by atoms with Gasteiger partial charge in [0.1, 0.15) is 0 Å². The zero-order chi connectivity index (χ0) is 15.6. The van der Waals surface area contributed by atoms with Gasteiger partial charge in [-0.2, -0.15) is 0 Å². The molecule has 0 aliphatic carbocycles. The molecule has 0 unspecified atom stereocenters. The van der Waals surface area contributed by atoms with Gasteiger partial charge in [0, 0.05) is 8.95 Å². The molecule has 0 aliphatic heterocycles. The number of benzene rings is 2. The van der Waals surface area contributed by atoms with Crippen molar-refractivity contribution in [1.29, 1.82) is 0 Å². The molecule has 0 fully saturated rings. The van der Waals surface area contributed by atoms with E-state index in [4.69, 9.17) is 5.84 Å². The van der Waals surface area contributed by atoms with Crippen LogP contribution >= 0.6 is 31.9 Å². The molecular formula is C15H15Br2N3O. The number of nitrogen functional groups attached to an aromatic ring is 1. The number of anilines is 2. The van der Waals surface area contributed by atoms with Gasteiger partial charge in [-0.25, -0.2) is 0 Å². The van der Waals surface area contributed by atoms with E-state index in [-0.39, 0.29) is 5.91 Å². The highest BCUT2D eigenvalue weighted by molar-refractivity contribution is 9.11. The molecule has 4 N–H and O–H groups in total. The summed E-state index contributed by atoms with van der Waals surface area (Å²) in [5, 5.41) is 2.89. The predicted octanol–water partition coefficient (Wildman–Crippen LogP) is 4.37. The number of hydrogen-bond acceptors (Lipinski definition) is 3. The number of hydrogen-bond donors (Lipinski definition) is 3. The SMILES string of the molecule is Cc1cc(Br)c(NC(=O)c2ccc(C)cc2NN)c(Br)c1. The highest BCUT2D eigenvalue weighted by Gasteiger charge is 2.15. The molecule has 0 spiro atoms. The normalized spacial score (nSPS) is 10.3. The lowest BCUT2D eigenvalue weighted by Gasteiger charge is -2.13. The zero-order valence-corrected chi connectivity index (χ0v) is 14.8. The van der Waals surface area contributed by atoms with Crippen LogP contribution in [0.3, 0.4) is 0 Å². The summed E-state index contributed by atoms with van der Waals surface area (Å²) in [6.45, 7) is 3.92. The molecule has 21 heavy (non-hydrogen) atoms. The molecule has 2 rings (SSSR count). The van der Waals surface area contributed by atoms with E-state index in [0.29, 0.717) is 16.9 Å². The minimum atomic E-state index is -0.229. The van der Waals surface area contributed by atoms with E-state index in [0.717, 1.165) is 20.1 Å². The summed E-state index contributed by atoms with van der Waals surface area (Å²) in [7, 11) is 0. The van der Waals surface area contributed by atoms with Crippen molar-refractivity contribution in [2.45, 2.75) is 13.8 Å². The van der Waals surface area contributed by atoms with Gasteiger partial charge in [-0.3, -0.25) is 10.6 Å². The molecule has 0 aromatic heterocycles. The van der Waals surface area contributed by atoms with E-state index >= 15 is 0 Å². The number of amides is 1. The highest BCUT2D eigenvalue weighted by atomic mass is 79.9. The number of nitrogens with two attached hydrogens (primary N) is 1. The second-order valence-electron chi connectivity index (χ2n) is 4.75. The molecule has 0 radical (unpaired) electrons. The van der Waals surface area contributed by atoms with Gasteiger partial charge < -0.3 is 10.7 Å². The summed E-state index contributed by atoms with van der Waals surface area (Å²) in [4.78, 5) is 12.4. The van der Waals surface area contributed by atoms with Gasteiger partial charge in [-0.05, 0) is 81.1 Å². The van der Waals surface area contributed by atoms with Crippen molar-refractivity contribution in [3.8, 4) is 0 Å². The summed E-state index contributed by atoms with van der Waals surface area (Å²) in [6, 6.07) is 9.33. The van der Waals surface area contributed by atoms with Crippen LogP contribution in [0.5, 0.6) is 0 Å². The molecule has 0 saturated carbocycles. The number of rotatable bonds is 3. The van der Waals surface area contributed by atoms with Crippen LogP contribution in [0, 0.1) is 13.8 Å². The molecule has 4 nitrogen and oxygen atoms in total. The van der Waals surface area contributed by atoms with Crippen molar-refractivity contribution in [2.24, 2.45) is 5.84 Å². The van der Waals surface area contributed by atoms with Crippen LogP contribution in [0.2, 0.25) is 0 Å². The molecule has 110 valence electrons. The maximum absolute atomic E-state index is 12.4. The second kappa shape index (κ2) is 6.60. The van der Waals surface area contributed by atoms with Gasteiger partial charge in [-0.15, -0.1) is 0 Å². The van der Waals surface area contributed by atoms with E-state index in [2.05, 4.69) is 42.6 Å². The van der Waals surface area contributed by atoms with E-state index < -0.39 is 0 Å².